The van der Waals surface area contributed by atoms with Gasteiger partial charge in [-0.25, -0.2) is 0 Å². The Kier molecular flexibility index (Phi) is 7.79. The molecule has 0 bridgehead atoms. The zero-order valence-corrected chi connectivity index (χ0v) is 11.6. The van der Waals surface area contributed by atoms with E-state index in [2.05, 4.69) is 23.9 Å². The normalized spacial score (nSPS) is 13.9. The Morgan fingerprint density at radius 2 is 2.06 bits per heavy atom. The fourth-order valence-corrected chi connectivity index (χ4v) is 1.21. The first-order chi connectivity index (χ1) is 7.91. The van der Waals surface area contributed by atoms with Crippen molar-refractivity contribution in [2.75, 3.05) is 13.2 Å². The third kappa shape index (κ3) is 8.86. The molecular formula is C13H27N3O. The fraction of sp³-hybridized carbons (Fsp3) is 0.846. The van der Waals surface area contributed by atoms with Crippen molar-refractivity contribution in [2.45, 2.75) is 47.0 Å². The van der Waals surface area contributed by atoms with Gasteiger partial charge in [0.25, 0.3) is 0 Å². The van der Waals surface area contributed by atoms with Crippen molar-refractivity contribution in [2.24, 2.45) is 27.3 Å². The molecule has 0 aromatic rings. The maximum atomic E-state index is 9.15. The lowest BCUT2D eigenvalue weighted by atomic mass is 9.88. The third-order valence-electron chi connectivity index (χ3n) is 2.73. The second-order valence-electron chi connectivity index (χ2n) is 5.66. The highest BCUT2D eigenvalue weighted by Crippen LogP contribution is 2.20. The van der Waals surface area contributed by atoms with E-state index in [-0.39, 0.29) is 12.0 Å². The first-order valence-electron chi connectivity index (χ1n) is 6.28. The van der Waals surface area contributed by atoms with Crippen LogP contribution in [-0.2, 0) is 0 Å². The topological polar surface area (TPSA) is 71.0 Å². The van der Waals surface area contributed by atoms with E-state index in [0.717, 1.165) is 31.5 Å². The van der Waals surface area contributed by atoms with E-state index in [1.165, 1.54) is 0 Å². The van der Waals surface area contributed by atoms with Gasteiger partial charge in [0.1, 0.15) is 0 Å². The average molecular weight is 241 g/mol. The van der Waals surface area contributed by atoms with Crippen molar-refractivity contribution in [1.29, 1.82) is 0 Å². The van der Waals surface area contributed by atoms with Crippen LogP contribution < -0.4 is 5.84 Å². The Balaban J connectivity index is 4.02. The molecule has 0 radical (unpaired) electrons. The molecule has 0 saturated carbocycles. The predicted octanol–water partition coefficient (Wildman–Crippen LogP) is 2.22. The Labute approximate surface area is 105 Å². The summed E-state index contributed by atoms with van der Waals surface area (Å²) in [6.45, 7) is 9.40. The molecule has 17 heavy (non-hydrogen) atoms. The van der Waals surface area contributed by atoms with Crippen LogP contribution in [0.1, 0.15) is 47.0 Å². The third-order valence-corrected chi connectivity index (χ3v) is 2.73. The quantitative estimate of drug-likeness (QED) is 0.388. The molecule has 0 saturated heterocycles. The Morgan fingerprint density at radius 3 is 2.53 bits per heavy atom. The van der Waals surface area contributed by atoms with Crippen molar-refractivity contribution in [3.63, 3.8) is 0 Å². The number of nitrogens with two attached hydrogens (primary N) is 1. The van der Waals surface area contributed by atoms with Gasteiger partial charge >= 0.3 is 0 Å². The minimum atomic E-state index is -0.0816. The van der Waals surface area contributed by atoms with Crippen LogP contribution in [0.15, 0.2) is 10.1 Å². The van der Waals surface area contributed by atoms with Gasteiger partial charge in [-0.15, -0.1) is 0 Å². The van der Waals surface area contributed by atoms with Gasteiger partial charge in [0.15, 0.2) is 0 Å². The van der Waals surface area contributed by atoms with Crippen molar-refractivity contribution in [3.05, 3.63) is 0 Å². The van der Waals surface area contributed by atoms with Gasteiger partial charge in [-0.05, 0) is 30.6 Å². The standard InChI is InChI=1S/C13H27N3O/c1-11(2)6-8-15-9-12(16-14)5-7-13(3,4)10-17/h9,11,17H,5-8,10,14H2,1-4H3. The number of aliphatic hydroxyl groups is 1. The second kappa shape index (κ2) is 8.23. The van der Waals surface area contributed by atoms with Gasteiger partial charge < -0.3 is 10.9 Å². The van der Waals surface area contributed by atoms with Gasteiger partial charge in [-0.3, -0.25) is 4.99 Å². The van der Waals surface area contributed by atoms with Crippen LogP contribution >= 0.6 is 0 Å². The maximum Gasteiger partial charge on any atom is 0.0778 e. The minimum absolute atomic E-state index is 0.0816. The van der Waals surface area contributed by atoms with E-state index in [1.54, 1.807) is 6.21 Å². The van der Waals surface area contributed by atoms with Gasteiger partial charge in [-0.1, -0.05) is 27.7 Å². The molecule has 0 amide bonds. The monoisotopic (exact) mass is 241 g/mol. The summed E-state index contributed by atoms with van der Waals surface area (Å²) in [5, 5.41) is 12.9. The largest absolute Gasteiger partial charge is 0.396 e. The summed E-state index contributed by atoms with van der Waals surface area (Å²) in [5.41, 5.74) is 0.720. The van der Waals surface area contributed by atoms with Gasteiger partial charge in [0, 0.05) is 19.4 Å². The summed E-state index contributed by atoms with van der Waals surface area (Å²) in [6, 6.07) is 0. The molecule has 0 aliphatic carbocycles. The predicted molar refractivity (Wildman–Crippen MR) is 74.5 cm³/mol. The van der Waals surface area contributed by atoms with E-state index in [0.29, 0.717) is 5.92 Å². The van der Waals surface area contributed by atoms with Crippen LogP contribution in [0, 0.1) is 11.3 Å². The molecule has 100 valence electrons. The SMILES string of the molecule is CC(C)CCN=CC(CCC(C)(C)CO)=NN. The van der Waals surface area contributed by atoms with Crippen molar-refractivity contribution in [3.8, 4) is 0 Å². The number of hydrogen-bond acceptors (Lipinski definition) is 4. The number of aliphatic hydroxyl groups excluding tert-OH is 1. The maximum absolute atomic E-state index is 9.15. The Bertz CT molecular complexity index is 257. The van der Waals surface area contributed by atoms with Crippen LogP contribution in [0.3, 0.4) is 0 Å². The zero-order chi connectivity index (χ0) is 13.3. The number of hydrazone groups is 1. The van der Waals surface area contributed by atoms with E-state index in [1.807, 2.05) is 13.8 Å². The molecule has 0 aliphatic heterocycles. The molecular weight excluding hydrogens is 214 g/mol. The highest BCUT2D eigenvalue weighted by atomic mass is 16.3. The number of aliphatic imine (C=N–C) groups is 1. The molecule has 4 heteroatoms. The Hall–Kier alpha value is -0.900. The fourth-order valence-electron chi connectivity index (χ4n) is 1.21. The van der Waals surface area contributed by atoms with Gasteiger partial charge in [0.05, 0.1) is 5.71 Å². The lowest BCUT2D eigenvalue weighted by molar-refractivity contribution is 0.153. The molecule has 0 aromatic heterocycles. The number of rotatable bonds is 8. The van der Waals surface area contributed by atoms with Crippen molar-refractivity contribution >= 4 is 11.9 Å². The smallest absolute Gasteiger partial charge is 0.0778 e. The molecule has 0 aliphatic rings. The molecule has 0 unspecified atom stereocenters. The highest BCUT2D eigenvalue weighted by molar-refractivity contribution is 6.30. The number of nitrogens with zero attached hydrogens (tertiary/aromatic N) is 2. The molecule has 0 spiro atoms. The van der Waals surface area contributed by atoms with Crippen LogP contribution in [0.5, 0.6) is 0 Å². The molecule has 0 fully saturated rings. The molecule has 4 nitrogen and oxygen atoms in total. The molecule has 3 N–H and O–H groups in total. The first kappa shape index (κ1) is 16.1. The van der Waals surface area contributed by atoms with E-state index in [9.17, 15) is 0 Å². The molecule has 0 heterocycles. The minimum Gasteiger partial charge on any atom is -0.396 e. The summed E-state index contributed by atoms with van der Waals surface area (Å²) in [6.07, 6.45) is 4.46. The van der Waals surface area contributed by atoms with Gasteiger partial charge in [-0.2, -0.15) is 5.10 Å². The zero-order valence-electron chi connectivity index (χ0n) is 11.6. The number of hydrogen-bond donors (Lipinski definition) is 2. The summed E-state index contributed by atoms with van der Waals surface area (Å²) in [4.78, 5) is 4.31. The van der Waals surface area contributed by atoms with Crippen LogP contribution in [0.2, 0.25) is 0 Å². The highest BCUT2D eigenvalue weighted by Gasteiger charge is 2.16. The molecule has 0 atom stereocenters. The van der Waals surface area contributed by atoms with Crippen molar-refractivity contribution < 1.29 is 5.11 Å². The van der Waals surface area contributed by atoms with Crippen molar-refractivity contribution in [1.82, 2.24) is 0 Å². The average Bonchev–Trinajstić information content (AvgIpc) is 2.28. The van der Waals surface area contributed by atoms with Crippen LogP contribution in [0.4, 0.5) is 0 Å². The molecule has 0 aromatic carbocycles. The van der Waals surface area contributed by atoms with Gasteiger partial charge in [0.2, 0.25) is 0 Å². The van der Waals surface area contributed by atoms with Crippen LogP contribution in [-0.4, -0.2) is 30.2 Å². The molecule has 0 rings (SSSR count). The van der Waals surface area contributed by atoms with E-state index < -0.39 is 0 Å². The first-order valence-corrected chi connectivity index (χ1v) is 6.28. The summed E-state index contributed by atoms with van der Waals surface area (Å²) in [7, 11) is 0. The van der Waals surface area contributed by atoms with E-state index in [4.69, 9.17) is 10.9 Å². The second-order valence-corrected chi connectivity index (χ2v) is 5.66. The summed E-state index contributed by atoms with van der Waals surface area (Å²) < 4.78 is 0. The summed E-state index contributed by atoms with van der Waals surface area (Å²) >= 11 is 0. The lowest BCUT2D eigenvalue weighted by Crippen LogP contribution is -2.19. The van der Waals surface area contributed by atoms with Crippen LogP contribution in [0.25, 0.3) is 0 Å². The van der Waals surface area contributed by atoms with E-state index >= 15 is 0 Å². The summed E-state index contributed by atoms with van der Waals surface area (Å²) in [5.74, 6) is 5.99. The Morgan fingerprint density at radius 1 is 1.41 bits per heavy atom. The lowest BCUT2D eigenvalue weighted by Gasteiger charge is -2.20.